The number of morpholine rings is 1. The average molecular weight is 341 g/mol. The summed E-state index contributed by atoms with van der Waals surface area (Å²) in [5.41, 5.74) is 3.46. The third-order valence-corrected chi connectivity index (χ3v) is 6.04. The molecule has 0 bridgehead atoms. The van der Waals surface area contributed by atoms with Crippen LogP contribution in [0.15, 0.2) is 18.2 Å². The molecule has 1 saturated carbocycles. The first kappa shape index (κ1) is 16.8. The number of nitrogens with zero attached hydrogens (tertiary/aromatic N) is 1. The van der Waals surface area contributed by atoms with Gasteiger partial charge in [-0.15, -0.1) is 0 Å². The van der Waals surface area contributed by atoms with Crippen LogP contribution in [0.3, 0.4) is 0 Å². The van der Waals surface area contributed by atoms with Crippen molar-refractivity contribution >= 4 is 11.7 Å². The Morgan fingerprint density at radius 2 is 1.88 bits per heavy atom. The van der Waals surface area contributed by atoms with Crippen LogP contribution in [0.5, 0.6) is 0 Å². The number of ether oxygens (including phenoxy) is 1. The van der Waals surface area contributed by atoms with Crippen LogP contribution in [0.25, 0.3) is 0 Å². The molecule has 134 valence electrons. The van der Waals surface area contributed by atoms with Gasteiger partial charge in [0.1, 0.15) is 0 Å². The van der Waals surface area contributed by atoms with Crippen molar-refractivity contribution in [1.82, 2.24) is 4.90 Å². The van der Waals surface area contributed by atoms with Gasteiger partial charge < -0.3 is 9.64 Å². The fourth-order valence-electron chi connectivity index (χ4n) is 4.66. The molecule has 4 rings (SSSR count). The van der Waals surface area contributed by atoms with Gasteiger partial charge in [-0.25, -0.2) is 0 Å². The molecule has 2 aliphatic carbocycles. The van der Waals surface area contributed by atoms with E-state index in [4.69, 9.17) is 4.74 Å². The van der Waals surface area contributed by atoms with E-state index >= 15 is 0 Å². The number of rotatable bonds is 4. The number of benzene rings is 1. The highest BCUT2D eigenvalue weighted by Crippen LogP contribution is 2.29. The second-order valence-corrected chi connectivity index (χ2v) is 7.61. The lowest BCUT2D eigenvalue weighted by molar-refractivity contribution is -0.149. The van der Waals surface area contributed by atoms with Crippen molar-refractivity contribution in [1.29, 1.82) is 0 Å². The molecule has 0 spiro atoms. The molecule has 0 aromatic heterocycles. The predicted molar refractivity (Wildman–Crippen MR) is 95.7 cm³/mol. The fourth-order valence-corrected chi connectivity index (χ4v) is 4.66. The Morgan fingerprint density at radius 3 is 2.80 bits per heavy atom. The number of carbonyl (C=O) groups excluding carboxylic acids is 2. The van der Waals surface area contributed by atoms with Crippen molar-refractivity contribution in [3.05, 3.63) is 34.9 Å². The molecule has 2 fully saturated rings. The Balaban J connectivity index is 1.35. The van der Waals surface area contributed by atoms with Crippen molar-refractivity contribution < 1.29 is 14.3 Å². The summed E-state index contributed by atoms with van der Waals surface area (Å²) in [5.74, 6) is 0.214. The molecule has 1 aliphatic heterocycles. The standard InChI is InChI=1S/C21H27NO3/c23-19(17-9-8-15-4-3-5-16(15)14-17)10-11-21(24)22-12-13-25-20-7-2-1-6-18(20)22/h8-9,14,18,20H,1-7,10-13H2/t18-,20+/m0/s1. The van der Waals surface area contributed by atoms with Gasteiger partial charge in [0.15, 0.2) is 5.78 Å². The van der Waals surface area contributed by atoms with E-state index in [0.29, 0.717) is 26.0 Å². The zero-order valence-electron chi connectivity index (χ0n) is 14.8. The molecule has 1 saturated heterocycles. The van der Waals surface area contributed by atoms with E-state index in [0.717, 1.165) is 31.2 Å². The largest absolute Gasteiger partial charge is 0.374 e. The second kappa shape index (κ2) is 7.28. The Kier molecular flexibility index (Phi) is 4.89. The van der Waals surface area contributed by atoms with Gasteiger partial charge in [-0.3, -0.25) is 9.59 Å². The molecular weight excluding hydrogens is 314 g/mol. The van der Waals surface area contributed by atoms with E-state index < -0.39 is 0 Å². The van der Waals surface area contributed by atoms with Crippen LogP contribution in [0.1, 0.15) is 66.4 Å². The highest BCUT2D eigenvalue weighted by molar-refractivity contribution is 5.98. The smallest absolute Gasteiger partial charge is 0.223 e. The summed E-state index contributed by atoms with van der Waals surface area (Å²) in [6.07, 6.45) is 8.68. The van der Waals surface area contributed by atoms with Crippen LogP contribution in [-0.4, -0.2) is 41.9 Å². The van der Waals surface area contributed by atoms with Crippen LogP contribution < -0.4 is 0 Å². The molecule has 3 aliphatic rings. The van der Waals surface area contributed by atoms with Gasteiger partial charge in [-0.2, -0.15) is 0 Å². The molecule has 0 N–H and O–H groups in total. The van der Waals surface area contributed by atoms with Gasteiger partial charge in [0.25, 0.3) is 0 Å². The first-order chi connectivity index (χ1) is 12.2. The third-order valence-electron chi connectivity index (χ3n) is 6.04. The van der Waals surface area contributed by atoms with Crippen LogP contribution in [0.2, 0.25) is 0 Å². The molecule has 1 aromatic carbocycles. The van der Waals surface area contributed by atoms with E-state index in [1.54, 1.807) is 0 Å². The van der Waals surface area contributed by atoms with Crippen molar-refractivity contribution in [2.75, 3.05) is 13.2 Å². The van der Waals surface area contributed by atoms with Gasteiger partial charge in [0, 0.05) is 24.9 Å². The number of aryl methyl sites for hydroxylation is 2. The number of ketones is 1. The fraction of sp³-hybridized carbons (Fsp3) is 0.619. The maximum absolute atomic E-state index is 12.7. The molecule has 4 heteroatoms. The highest BCUT2D eigenvalue weighted by Gasteiger charge is 2.36. The number of Topliss-reactive ketones (excluding diaryl/α,β-unsaturated/α-hetero) is 1. The molecule has 4 nitrogen and oxygen atoms in total. The molecule has 1 amide bonds. The van der Waals surface area contributed by atoms with Crippen LogP contribution in [-0.2, 0) is 22.4 Å². The Morgan fingerprint density at radius 1 is 1.04 bits per heavy atom. The molecule has 0 radical (unpaired) electrons. The lowest BCUT2D eigenvalue weighted by Gasteiger charge is -2.43. The summed E-state index contributed by atoms with van der Waals surface area (Å²) >= 11 is 0. The monoisotopic (exact) mass is 341 g/mol. The highest BCUT2D eigenvalue weighted by atomic mass is 16.5. The van der Waals surface area contributed by atoms with E-state index in [1.165, 1.54) is 30.4 Å². The molecule has 0 unspecified atom stereocenters. The van der Waals surface area contributed by atoms with Gasteiger partial charge in [0.2, 0.25) is 5.91 Å². The summed E-state index contributed by atoms with van der Waals surface area (Å²) < 4.78 is 5.84. The second-order valence-electron chi connectivity index (χ2n) is 7.61. The summed E-state index contributed by atoms with van der Waals surface area (Å²) in [7, 11) is 0. The maximum atomic E-state index is 12.7. The van der Waals surface area contributed by atoms with E-state index in [-0.39, 0.29) is 23.8 Å². The minimum absolute atomic E-state index is 0.0940. The number of fused-ring (bicyclic) bond motifs is 2. The minimum Gasteiger partial charge on any atom is -0.374 e. The number of amides is 1. The van der Waals surface area contributed by atoms with Gasteiger partial charge >= 0.3 is 0 Å². The van der Waals surface area contributed by atoms with Gasteiger partial charge in [-0.1, -0.05) is 25.0 Å². The SMILES string of the molecule is O=C(CCC(=O)N1CCO[C@@H]2CCCC[C@@H]21)c1ccc2c(c1)CCC2. The van der Waals surface area contributed by atoms with Crippen LogP contribution in [0.4, 0.5) is 0 Å². The summed E-state index contributed by atoms with van der Waals surface area (Å²) in [6.45, 7) is 1.30. The maximum Gasteiger partial charge on any atom is 0.223 e. The molecule has 25 heavy (non-hydrogen) atoms. The van der Waals surface area contributed by atoms with Crippen molar-refractivity contribution in [3.8, 4) is 0 Å². The van der Waals surface area contributed by atoms with Gasteiger partial charge in [0.05, 0.1) is 18.8 Å². The first-order valence-corrected chi connectivity index (χ1v) is 9.78. The Labute approximate surface area is 149 Å². The minimum atomic E-state index is 0.0940. The Bertz CT molecular complexity index is 667. The van der Waals surface area contributed by atoms with E-state index in [2.05, 4.69) is 6.07 Å². The lowest BCUT2D eigenvalue weighted by Crippen LogP contribution is -2.54. The average Bonchev–Trinajstić information content (AvgIpc) is 3.13. The molecule has 1 heterocycles. The van der Waals surface area contributed by atoms with E-state index in [9.17, 15) is 9.59 Å². The summed E-state index contributed by atoms with van der Waals surface area (Å²) in [6, 6.07) is 6.29. The van der Waals surface area contributed by atoms with Crippen molar-refractivity contribution in [2.45, 2.75) is 69.9 Å². The van der Waals surface area contributed by atoms with Gasteiger partial charge in [-0.05, 0) is 49.3 Å². The summed E-state index contributed by atoms with van der Waals surface area (Å²) in [5, 5.41) is 0. The normalized spacial score (nSPS) is 25.4. The quantitative estimate of drug-likeness (QED) is 0.790. The zero-order chi connectivity index (χ0) is 17.2. The van der Waals surface area contributed by atoms with Crippen molar-refractivity contribution in [2.24, 2.45) is 0 Å². The van der Waals surface area contributed by atoms with Crippen LogP contribution in [0, 0.1) is 0 Å². The first-order valence-electron chi connectivity index (χ1n) is 9.78. The number of hydrogen-bond donors (Lipinski definition) is 0. The van der Waals surface area contributed by atoms with Crippen molar-refractivity contribution in [3.63, 3.8) is 0 Å². The molecule has 1 aromatic rings. The lowest BCUT2D eigenvalue weighted by atomic mass is 9.90. The summed E-state index contributed by atoms with van der Waals surface area (Å²) in [4.78, 5) is 27.2. The number of carbonyl (C=O) groups is 2. The predicted octanol–water partition coefficient (Wildman–Crippen LogP) is 3.31. The molecular formula is C21H27NO3. The van der Waals surface area contributed by atoms with E-state index in [1.807, 2.05) is 17.0 Å². The Hall–Kier alpha value is -1.68. The topological polar surface area (TPSA) is 46.6 Å². The molecule has 2 atom stereocenters. The van der Waals surface area contributed by atoms with Crippen LogP contribution >= 0.6 is 0 Å². The number of hydrogen-bond acceptors (Lipinski definition) is 3. The zero-order valence-corrected chi connectivity index (χ0v) is 14.8. The third kappa shape index (κ3) is 3.50.